The van der Waals surface area contributed by atoms with E-state index in [-0.39, 0.29) is 5.91 Å². The fourth-order valence-electron chi connectivity index (χ4n) is 3.20. The van der Waals surface area contributed by atoms with E-state index in [1.54, 1.807) is 20.8 Å². The molecule has 0 aliphatic carbocycles. The Hall–Kier alpha value is -3.28. The second-order valence-corrected chi connectivity index (χ2v) is 8.47. The fraction of sp³-hybridized carbons (Fsp3) is 0.333. The van der Waals surface area contributed by atoms with Crippen molar-refractivity contribution in [3.8, 4) is 0 Å². The highest BCUT2D eigenvalue weighted by Gasteiger charge is 2.25. The van der Waals surface area contributed by atoms with Gasteiger partial charge >= 0.3 is 6.09 Å². The Kier molecular flexibility index (Phi) is 6.45. The second kappa shape index (κ2) is 9.03. The summed E-state index contributed by atoms with van der Waals surface area (Å²) in [5.74, 6) is -0.258. The normalized spacial score (nSPS) is 12.4. The van der Waals surface area contributed by atoms with E-state index in [9.17, 15) is 9.59 Å². The maximum Gasteiger partial charge on any atom is 0.408 e. The third-order valence-corrected chi connectivity index (χ3v) is 4.69. The van der Waals surface area contributed by atoms with Crippen LogP contribution in [0.15, 0.2) is 54.7 Å². The third-order valence-electron chi connectivity index (χ3n) is 4.69. The van der Waals surface area contributed by atoms with Gasteiger partial charge in [-0.2, -0.15) is 0 Å². The van der Waals surface area contributed by atoms with Crippen molar-refractivity contribution >= 4 is 22.9 Å². The van der Waals surface area contributed by atoms with Crippen molar-refractivity contribution in [2.45, 2.75) is 52.3 Å². The van der Waals surface area contributed by atoms with Crippen LogP contribution in [0.4, 0.5) is 4.79 Å². The summed E-state index contributed by atoms with van der Waals surface area (Å²) in [6, 6.07) is 15.1. The van der Waals surface area contributed by atoms with Gasteiger partial charge in [-0.15, -0.1) is 0 Å². The van der Waals surface area contributed by atoms with Gasteiger partial charge in [-0.3, -0.25) is 4.79 Å². The van der Waals surface area contributed by atoms with E-state index < -0.39 is 17.7 Å². The number of aromatic nitrogens is 1. The predicted molar refractivity (Wildman–Crippen MR) is 118 cm³/mol. The number of nitrogens with one attached hydrogen (secondary N) is 3. The number of carbonyl (C=O) groups excluding carboxylic acids is 2. The van der Waals surface area contributed by atoms with Crippen LogP contribution in [0.25, 0.3) is 10.9 Å². The highest BCUT2D eigenvalue weighted by Crippen LogP contribution is 2.19. The lowest BCUT2D eigenvalue weighted by Gasteiger charge is -2.23. The van der Waals surface area contributed by atoms with Gasteiger partial charge in [0.15, 0.2) is 0 Å². The van der Waals surface area contributed by atoms with Crippen LogP contribution in [0.3, 0.4) is 0 Å². The summed E-state index contributed by atoms with van der Waals surface area (Å²) in [5, 5.41) is 6.69. The van der Waals surface area contributed by atoms with Crippen LogP contribution in [0.5, 0.6) is 0 Å². The Morgan fingerprint density at radius 2 is 1.77 bits per heavy atom. The van der Waals surface area contributed by atoms with Gasteiger partial charge in [-0.25, -0.2) is 4.79 Å². The van der Waals surface area contributed by atoms with Gasteiger partial charge in [0.25, 0.3) is 0 Å². The molecule has 3 rings (SSSR count). The SMILES string of the molecule is Cc1ccc(CNC(=O)[C@@H](Cc2c[nH]c3ccccc23)NC(=O)OC(C)(C)C)cc1. The van der Waals surface area contributed by atoms with Gasteiger partial charge in [0.1, 0.15) is 11.6 Å². The summed E-state index contributed by atoms with van der Waals surface area (Å²) in [4.78, 5) is 28.5. The molecular formula is C24H29N3O3. The number of fused-ring (bicyclic) bond motifs is 1. The highest BCUT2D eigenvalue weighted by atomic mass is 16.6. The molecule has 0 radical (unpaired) electrons. The van der Waals surface area contributed by atoms with Gasteiger partial charge in [-0.1, -0.05) is 48.0 Å². The molecule has 0 saturated heterocycles. The number of ether oxygens (including phenoxy) is 1. The van der Waals surface area contributed by atoms with Crippen molar-refractivity contribution in [2.75, 3.05) is 0 Å². The molecule has 1 aromatic heterocycles. The van der Waals surface area contributed by atoms with E-state index in [0.717, 1.165) is 27.6 Å². The summed E-state index contributed by atoms with van der Waals surface area (Å²) in [6.45, 7) is 7.78. The molecule has 1 atom stereocenters. The zero-order valence-electron chi connectivity index (χ0n) is 17.9. The molecule has 3 aromatic rings. The fourth-order valence-corrected chi connectivity index (χ4v) is 3.20. The highest BCUT2D eigenvalue weighted by molar-refractivity contribution is 5.88. The Morgan fingerprint density at radius 1 is 1.07 bits per heavy atom. The molecule has 0 spiro atoms. The Morgan fingerprint density at radius 3 is 2.47 bits per heavy atom. The van der Waals surface area contributed by atoms with Crippen LogP contribution in [0, 0.1) is 6.92 Å². The Bertz CT molecular complexity index is 1020. The number of rotatable bonds is 6. The third kappa shape index (κ3) is 5.86. The van der Waals surface area contributed by atoms with Crippen molar-refractivity contribution in [1.82, 2.24) is 15.6 Å². The molecule has 6 heteroatoms. The smallest absolute Gasteiger partial charge is 0.408 e. The monoisotopic (exact) mass is 407 g/mol. The molecule has 0 aliphatic heterocycles. The van der Waals surface area contributed by atoms with Gasteiger partial charge in [0.2, 0.25) is 5.91 Å². The number of H-pyrrole nitrogens is 1. The topological polar surface area (TPSA) is 83.2 Å². The van der Waals surface area contributed by atoms with E-state index in [0.29, 0.717) is 13.0 Å². The molecule has 0 bridgehead atoms. The number of aromatic amines is 1. The number of amides is 2. The number of alkyl carbamates (subject to hydrolysis) is 1. The van der Waals surface area contributed by atoms with E-state index in [4.69, 9.17) is 4.74 Å². The standard InChI is InChI=1S/C24H29N3O3/c1-16-9-11-17(12-10-16)14-26-22(28)21(27-23(29)30-24(2,3)4)13-18-15-25-20-8-6-5-7-19(18)20/h5-12,15,21,25H,13-14H2,1-4H3,(H,26,28)(H,27,29)/t21-/m1/s1. The second-order valence-electron chi connectivity index (χ2n) is 8.47. The Labute approximate surface area is 177 Å². The molecule has 0 aliphatic rings. The number of aryl methyl sites for hydroxylation is 1. The van der Waals surface area contributed by atoms with Crippen LogP contribution in [-0.2, 0) is 22.5 Å². The van der Waals surface area contributed by atoms with Crippen molar-refractivity contribution < 1.29 is 14.3 Å². The van der Waals surface area contributed by atoms with Gasteiger partial charge in [0.05, 0.1) is 0 Å². The van der Waals surface area contributed by atoms with Crippen LogP contribution in [0.2, 0.25) is 0 Å². The van der Waals surface area contributed by atoms with Crippen LogP contribution >= 0.6 is 0 Å². The van der Waals surface area contributed by atoms with Crippen molar-refractivity contribution in [1.29, 1.82) is 0 Å². The molecule has 30 heavy (non-hydrogen) atoms. The maximum atomic E-state index is 13.0. The molecule has 1 heterocycles. The van der Waals surface area contributed by atoms with Gasteiger partial charge in [-0.05, 0) is 44.9 Å². The van der Waals surface area contributed by atoms with E-state index in [1.165, 1.54) is 0 Å². The average Bonchev–Trinajstić information content (AvgIpc) is 3.08. The van der Waals surface area contributed by atoms with Crippen molar-refractivity contribution in [3.05, 3.63) is 71.4 Å². The van der Waals surface area contributed by atoms with Crippen LogP contribution < -0.4 is 10.6 Å². The molecule has 158 valence electrons. The summed E-state index contributed by atoms with van der Waals surface area (Å²) < 4.78 is 5.36. The zero-order chi connectivity index (χ0) is 21.7. The molecule has 0 unspecified atom stereocenters. The summed E-state index contributed by atoms with van der Waals surface area (Å²) in [7, 11) is 0. The van der Waals surface area contributed by atoms with Gasteiger partial charge < -0.3 is 20.4 Å². The summed E-state index contributed by atoms with van der Waals surface area (Å²) >= 11 is 0. The van der Waals surface area contributed by atoms with Crippen molar-refractivity contribution in [3.63, 3.8) is 0 Å². The van der Waals surface area contributed by atoms with Crippen LogP contribution in [0.1, 0.15) is 37.5 Å². The minimum absolute atomic E-state index is 0.258. The molecule has 6 nitrogen and oxygen atoms in total. The number of hydrogen-bond donors (Lipinski definition) is 3. The minimum atomic E-state index is -0.760. The Balaban J connectivity index is 1.74. The number of hydrogen-bond acceptors (Lipinski definition) is 3. The largest absolute Gasteiger partial charge is 0.444 e. The van der Waals surface area contributed by atoms with E-state index in [1.807, 2.05) is 61.7 Å². The average molecular weight is 408 g/mol. The lowest BCUT2D eigenvalue weighted by molar-refractivity contribution is -0.123. The predicted octanol–water partition coefficient (Wildman–Crippen LogP) is 4.23. The van der Waals surface area contributed by atoms with E-state index in [2.05, 4.69) is 15.6 Å². The minimum Gasteiger partial charge on any atom is -0.444 e. The molecule has 3 N–H and O–H groups in total. The number of carbonyl (C=O) groups is 2. The lowest BCUT2D eigenvalue weighted by Crippen LogP contribution is -2.49. The first-order valence-electron chi connectivity index (χ1n) is 10.1. The molecule has 2 aromatic carbocycles. The zero-order valence-corrected chi connectivity index (χ0v) is 17.9. The first kappa shape index (κ1) is 21.4. The molecular weight excluding hydrogens is 378 g/mol. The number of benzene rings is 2. The number of para-hydroxylation sites is 1. The first-order valence-corrected chi connectivity index (χ1v) is 10.1. The lowest BCUT2D eigenvalue weighted by atomic mass is 10.0. The molecule has 2 amide bonds. The van der Waals surface area contributed by atoms with Gasteiger partial charge in [0, 0.05) is 30.1 Å². The van der Waals surface area contributed by atoms with Crippen molar-refractivity contribution in [2.24, 2.45) is 0 Å². The first-order chi connectivity index (χ1) is 14.2. The van der Waals surface area contributed by atoms with E-state index >= 15 is 0 Å². The maximum absolute atomic E-state index is 13.0. The quantitative estimate of drug-likeness (QED) is 0.572. The summed E-state index contributed by atoms with van der Waals surface area (Å²) in [6.07, 6.45) is 1.61. The molecule has 0 saturated carbocycles. The van der Waals surface area contributed by atoms with Crippen LogP contribution in [-0.4, -0.2) is 28.6 Å². The molecule has 0 fully saturated rings. The summed E-state index contributed by atoms with van der Waals surface area (Å²) in [5.41, 5.74) is 3.46.